The molecule has 0 saturated carbocycles. The molecule has 1 atom stereocenters. The van der Waals surface area contributed by atoms with Gasteiger partial charge in [0.2, 0.25) is 21.8 Å². The second kappa shape index (κ2) is 14.4. The number of hydrogen-bond donors (Lipinski definition) is 1. The molecule has 258 valence electrons. The number of alkyl carbamates (subject to hydrolysis) is 1. The van der Waals surface area contributed by atoms with Crippen LogP contribution in [0.2, 0.25) is 0 Å². The maximum absolute atomic E-state index is 14.2. The Labute approximate surface area is 280 Å². The third-order valence-electron chi connectivity index (χ3n) is 8.79. The van der Waals surface area contributed by atoms with E-state index in [1.807, 2.05) is 64.1 Å². The molecule has 4 rings (SSSR count). The van der Waals surface area contributed by atoms with Crippen molar-refractivity contribution in [2.75, 3.05) is 26.2 Å². The van der Waals surface area contributed by atoms with E-state index in [2.05, 4.69) is 19.2 Å². The van der Waals surface area contributed by atoms with Crippen LogP contribution in [0.4, 0.5) is 4.79 Å². The monoisotopic (exact) mass is 668 g/mol. The summed E-state index contributed by atoms with van der Waals surface area (Å²) >= 11 is 0. The van der Waals surface area contributed by atoms with Crippen molar-refractivity contribution in [2.45, 2.75) is 116 Å². The highest BCUT2D eigenvalue weighted by Crippen LogP contribution is 2.37. The zero-order valence-electron chi connectivity index (χ0n) is 29.4. The average Bonchev–Trinajstić information content (AvgIpc) is 3.43. The number of piperazine rings is 1. The zero-order chi connectivity index (χ0) is 34.8. The van der Waals surface area contributed by atoms with Crippen LogP contribution in [0.3, 0.4) is 0 Å². The smallest absolute Gasteiger partial charge is 0.408 e. The van der Waals surface area contributed by atoms with E-state index in [-0.39, 0.29) is 62.2 Å². The van der Waals surface area contributed by atoms with Gasteiger partial charge >= 0.3 is 6.09 Å². The lowest BCUT2D eigenvalue weighted by Gasteiger charge is -2.36. The number of fused-ring (bicyclic) bond motifs is 1. The molecule has 0 bridgehead atoms. The van der Waals surface area contributed by atoms with Gasteiger partial charge in [0, 0.05) is 39.3 Å². The van der Waals surface area contributed by atoms with Crippen LogP contribution in [0.25, 0.3) is 0 Å². The number of amides is 3. The number of rotatable bonds is 9. The first-order valence-corrected chi connectivity index (χ1v) is 18.1. The van der Waals surface area contributed by atoms with Gasteiger partial charge < -0.3 is 19.9 Å². The first kappa shape index (κ1) is 36.4. The highest BCUT2D eigenvalue weighted by molar-refractivity contribution is 7.89. The molecule has 2 aromatic carbocycles. The zero-order valence-corrected chi connectivity index (χ0v) is 30.2. The number of benzene rings is 2. The number of nitrogens with one attached hydrogen (secondary N) is 1. The maximum Gasteiger partial charge on any atom is 0.408 e. The number of carbonyl (C=O) groups excluding carboxylic acids is 3. The van der Waals surface area contributed by atoms with E-state index in [1.165, 1.54) is 4.31 Å². The van der Waals surface area contributed by atoms with E-state index in [4.69, 9.17) is 4.74 Å². The molecule has 47 heavy (non-hydrogen) atoms. The lowest BCUT2D eigenvalue weighted by atomic mass is 9.89. The van der Waals surface area contributed by atoms with E-state index < -0.39 is 27.8 Å². The van der Waals surface area contributed by atoms with Gasteiger partial charge in [0.05, 0.1) is 11.3 Å². The second-order valence-electron chi connectivity index (χ2n) is 14.6. The van der Waals surface area contributed by atoms with Gasteiger partial charge in [0.25, 0.3) is 0 Å². The van der Waals surface area contributed by atoms with E-state index >= 15 is 0 Å². The molecule has 0 spiro atoms. The van der Waals surface area contributed by atoms with E-state index in [0.29, 0.717) is 18.0 Å². The largest absolute Gasteiger partial charge is 0.444 e. The Morgan fingerprint density at radius 2 is 1.32 bits per heavy atom. The number of nitrogens with zero attached hydrogens (tertiary/aromatic N) is 3. The van der Waals surface area contributed by atoms with Crippen LogP contribution in [0.1, 0.15) is 114 Å². The van der Waals surface area contributed by atoms with Gasteiger partial charge in [-0.1, -0.05) is 77.9 Å². The third kappa shape index (κ3) is 8.54. The van der Waals surface area contributed by atoms with Crippen molar-refractivity contribution in [3.05, 3.63) is 64.2 Å². The van der Waals surface area contributed by atoms with Crippen LogP contribution in [-0.4, -0.2) is 78.3 Å². The summed E-state index contributed by atoms with van der Waals surface area (Å²) in [4.78, 5) is 43.7. The molecule has 0 radical (unpaired) electrons. The van der Waals surface area contributed by atoms with E-state index in [1.54, 1.807) is 30.6 Å². The standard InChI is InChI=1S/C36H52N4O6S/c1-23(2)28-18-29(24(3)4)33(30(19-28)25(5)6)47(44,45)40-16-14-38(15-17-40)32(41)20-31(37-35(43)46-36(7,8)9)34(42)39-21-26-12-10-11-13-27(26)22-39/h10-13,18-19,23-25,31H,14-17,20-22H2,1-9H3,(H,37,43)/t31-/m0/s1. The molecule has 0 aliphatic carbocycles. The van der Waals surface area contributed by atoms with Gasteiger partial charge in [-0.2, -0.15) is 4.31 Å². The molecular weight excluding hydrogens is 616 g/mol. The molecule has 1 saturated heterocycles. The van der Waals surface area contributed by atoms with Gasteiger partial charge in [-0.05, 0) is 66.3 Å². The van der Waals surface area contributed by atoms with Crippen LogP contribution < -0.4 is 5.32 Å². The van der Waals surface area contributed by atoms with Gasteiger partial charge in [-0.25, -0.2) is 13.2 Å². The molecule has 0 aromatic heterocycles. The van der Waals surface area contributed by atoms with E-state index in [9.17, 15) is 22.8 Å². The van der Waals surface area contributed by atoms with Crippen LogP contribution in [-0.2, 0) is 37.4 Å². The highest BCUT2D eigenvalue weighted by Gasteiger charge is 2.37. The molecule has 1 N–H and O–H groups in total. The summed E-state index contributed by atoms with van der Waals surface area (Å²) in [5.74, 6) is -0.421. The van der Waals surface area contributed by atoms with Gasteiger partial charge in [0.15, 0.2) is 0 Å². The minimum atomic E-state index is -3.85. The molecule has 2 aliphatic heterocycles. The van der Waals surface area contributed by atoms with Crippen molar-refractivity contribution in [3.63, 3.8) is 0 Å². The average molecular weight is 669 g/mol. The van der Waals surface area contributed by atoms with Crippen molar-refractivity contribution in [3.8, 4) is 0 Å². The second-order valence-corrected chi connectivity index (χ2v) is 16.5. The Morgan fingerprint density at radius 1 is 0.809 bits per heavy atom. The Kier molecular flexibility index (Phi) is 11.1. The van der Waals surface area contributed by atoms with E-state index in [0.717, 1.165) is 27.8 Å². The highest BCUT2D eigenvalue weighted by atomic mass is 32.2. The minimum Gasteiger partial charge on any atom is -0.444 e. The predicted octanol–water partition coefficient (Wildman–Crippen LogP) is 5.72. The Morgan fingerprint density at radius 3 is 1.77 bits per heavy atom. The predicted molar refractivity (Wildman–Crippen MR) is 183 cm³/mol. The first-order chi connectivity index (χ1) is 21.9. The Hall–Kier alpha value is -3.44. The van der Waals surface area contributed by atoms with Crippen LogP contribution in [0.5, 0.6) is 0 Å². The quantitative estimate of drug-likeness (QED) is 0.366. The molecule has 2 aromatic rings. The minimum absolute atomic E-state index is 0.00850. The SMILES string of the molecule is CC(C)c1cc(C(C)C)c(S(=O)(=O)N2CCN(C(=O)C[C@H](NC(=O)OC(C)(C)C)C(=O)N3Cc4ccccc4C3)CC2)c(C(C)C)c1. The Bertz CT molecular complexity index is 1530. The maximum atomic E-state index is 14.2. The normalized spacial score (nSPS) is 16.5. The number of carbonyl (C=O) groups is 3. The lowest BCUT2D eigenvalue weighted by Crippen LogP contribution is -2.54. The molecule has 1 fully saturated rings. The summed E-state index contributed by atoms with van der Waals surface area (Å²) in [6.45, 7) is 18.9. The number of ether oxygens (including phenoxy) is 1. The summed E-state index contributed by atoms with van der Waals surface area (Å²) < 4.78 is 35.4. The number of sulfonamides is 1. The summed E-state index contributed by atoms with van der Waals surface area (Å²) in [7, 11) is -3.85. The Balaban J connectivity index is 1.50. The molecule has 11 heteroatoms. The lowest BCUT2D eigenvalue weighted by molar-refractivity contribution is -0.140. The van der Waals surface area contributed by atoms with Gasteiger partial charge in [0.1, 0.15) is 11.6 Å². The first-order valence-electron chi connectivity index (χ1n) is 16.7. The van der Waals surface area contributed by atoms with Crippen molar-refractivity contribution in [2.24, 2.45) is 0 Å². The summed E-state index contributed by atoms with van der Waals surface area (Å²) in [5, 5.41) is 2.64. The summed E-state index contributed by atoms with van der Waals surface area (Å²) in [5.41, 5.74) is 4.02. The van der Waals surface area contributed by atoms with Gasteiger partial charge in [-0.3, -0.25) is 9.59 Å². The fraction of sp³-hybridized carbons (Fsp3) is 0.583. The van der Waals surface area contributed by atoms with Crippen molar-refractivity contribution < 1.29 is 27.5 Å². The van der Waals surface area contributed by atoms with Crippen molar-refractivity contribution in [1.82, 2.24) is 19.4 Å². The molecule has 0 unspecified atom stereocenters. The molecular formula is C36H52N4O6S. The fourth-order valence-corrected chi connectivity index (χ4v) is 8.24. The van der Waals surface area contributed by atoms with Crippen molar-refractivity contribution >= 4 is 27.9 Å². The van der Waals surface area contributed by atoms with Crippen LogP contribution in [0, 0.1) is 0 Å². The molecule has 2 heterocycles. The number of hydrogen-bond acceptors (Lipinski definition) is 6. The molecule has 10 nitrogen and oxygen atoms in total. The topological polar surface area (TPSA) is 116 Å². The summed E-state index contributed by atoms with van der Waals surface area (Å²) in [6.07, 6.45) is -1.04. The van der Waals surface area contributed by atoms with Gasteiger partial charge in [-0.15, -0.1) is 0 Å². The van der Waals surface area contributed by atoms with Crippen LogP contribution >= 0.6 is 0 Å². The molecule has 2 aliphatic rings. The van der Waals surface area contributed by atoms with Crippen molar-refractivity contribution in [1.29, 1.82) is 0 Å². The fourth-order valence-electron chi connectivity index (χ4n) is 6.16. The molecule has 3 amide bonds. The summed E-state index contributed by atoms with van der Waals surface area (Å²) in [6, 6.07) is 10.7. The van der Waals surface area contributed by atoms with Crippen LogP contribution in [0.15, 0.2) is 41.3 Å². The third-order valence-corrected chi connectivity index (χ3v) is 10.8.